The van der Waals surface area contributed by atoms with Crippen molar-refractivity contribution in [2.45, 2.75) is 12.5 Å². The molecule has 1 heterocycles. The molecule has 1 aliphatic rings. The van der Waals surface area contributed by atoms with E-state index in [9.17, 15) is 0 Å². The minimum absolute atomic E-state index is 0.156. The van der Waals surface area contributed by atoms with E-state index in [0.717, 1.165) is 5.88 Å². The Morgan fingerprint density at radius 2 is 2.50 bits per heavy atom. The van der Waals surface area contributed by atoms with Crippen LogP contribution in [0.3, 0.4) is 0 Å². The predicted octanol–water partition coefficient (Wildman–Crippen LogP) is -1.84. The Kier molecular flexibility index (Phi) is 5.27. The van der Waals surface area contributed by atoms with Crippen LogP contribution in [0.5, 0.6) is 0 Å². The highest BCUT2D eigenvalue weighted by molar-refractivity contribution is 7.48. The Bertz CT molecular complexity index is 87.3. The SMILES string of the molecule is ClCCC[SiH]1CO[SiH2][SiH2][SiH2]1. The molecule has 1 aliphatic heterocycles. The van der Waals surface area contributed by atoms with Gasteiger partial charge in [-0.25, -0.2) is 0 Å². The summed E-state index contributed by atoms with van der Waals surface area (Å²) in [6, 6.07) is 1.51. The second-order valence-electron chi connectivity index (χ2n) is 2.91. The fourth-order valence-electron chi connectivity index (χ4n) is 1.40. The van der Waals surface area contributed by atoms with Gasteiger partial charge in [-0.2, -0.15) is 0 Å². The molecular formula is C4H15ClOSi4. The molecule has 0 spiro atoms. The smallest absolute Gasteiger partial charge is 0.139 e. The van der Waals surface area contributed by atoms with Gasteiger partial charge in [-0.15, -0.1) is 11.6 Å². The van der Waals surface area contributed by atoms with Crippen LogP contribution in [0.1, 0.15) is 6.42 Å². The molecule has 0 aliphatic carbocycles. The first kappa shape index (κ1) is 9.21. The third kappa shape index (κ3) is 3.49. The predicted molar refractivity (Wildman–Crippen MR) is 58.9 cm³/mol. The number of halogens is 1. The van der Waals surface area contributed by atoms with Gasteiger partial charge in [-0.1, -0.05) is 6.04 Å². The monoisotopic (exact) mass is 226 g/mol. The molecule has 1 unspecified atom stereocenters. The van der Waals surface area contributed by atoms with Crippen molar-refractivity contribution in [2.24, 2.45) is 0 Å². The van der Waals surface area contributed by atoms with E-state index in [0.29, 0.717) is 17.1 Å². The topological polar surface area (TPSA) is 9.23 Å². The molecule has 1 saturated heterocycles. The van der Waals surface area contributed by atoms with Crippen LogP contribution in [0.2, 0.25) is 6.04 Å². The molecule has 60 valence electrons. The molecule has 1 rings (SSSR count). The van der Waals surface area contributed by atoms with Crippen molar-refractivity contribution in [3.63, 3.8) is 0 Å². The van der Waals surface area contributed by atoms with E-state index < -0.39 is 0 Å². The molecule has 1 fully saturated rings. The lowest BCUT2D eigenvalue weighted by molar-refractivity contribution is 0.417. The van der Waals surface area contributed by atoms with E-state index in [1.807, 2.05) is 0 Å². The number of hydrogen-bond donors (Lipinski definition) is 0. The quantitative estimate of drug-likeness (QED) is 0.406. The van der Waals surface area contributed by atoms with Gasteiger partial charge >= 0.3 is 0 Å². The second-order valence-corrected chi connectivity index (χ2v) is 28.1. The summed E-state index contributed by atoms with van der Waals surface area (Å²) in [7, 11) is 1.01. The second kappa shape index (κ2) is 5.73. The molecule has 1 atom stereocenters. The Hall–Kier alpha value is 1.12. The zero-order chi connectivity index (χ0) is 7.23. The van der Waals surface area contributed by atoms with Gasteiger partial charge in [-0.3, -0.25) is 0 Å². The summed E-state index contributed by atoms with van der Waals surface area (Å²) in [6.45, 7) is 0. The third-order valence-corrected chi connectivity index (χ3v) is 38.7. The van der Waals surface area contributed by atoms with Crippen LogP contribution in [0.15, 0.2) is 0 Å². The molecule has 0 aromatic rings. The lowest BCUT2D eigenvalue weighted by Crippen LogP contribution is -2.41. The molecule has 0 amide bonds. The number of hydrogen-bond acceptors (Lipinski definition) is 1. The van der Waals surface area contributed by atoms with Crippen LogP contribution < -0.4 is 0 Å². The Morgan fingerprint density at radius 3 is 3.10 bits per heavy atom. The van der Waals surface area contributed by atoms with Crippen LogP contribution in [-0.4, -0.2) is 46.8 Å². The minimum Gasteiger partial charge on any atom is -0.432 e. The summed E-state index contributed by atoms with van der Waals surface area (Å²) < 4.78 is 5.63. The highest BCUT2D eigenvalue weighted by atomic mass is 35.5. The molecule has 6 heteroatoms. The molecule has 1 nitrogen and oxygen atoms in total. The van der Waals surface area contributed by atoms with Gasteiger partial charge in [-0.05, 0) is 6.42 Å². The van der Waals surface area contributed by atoms with Crippen molar-refractivity contribution in [3.8, 4) is 0 Å². The maximum atomic E-state index is 5.64. The van der Waals surface area contributed by atoms with Crippen LogP contribution >= 0.6 is 11.6 Å². The third-order valence-electron chi connectivity index (χ3n) is 2.00. The number of alkyl halides is 1. The summed E-state index contributed by atoms with van der Waals surface area (Å²) in [6.07, 6.45) is 2.55. The van der Waals surface area contributed by atoms with E-state index in [4.69, 9.17) is 16.0 Å². The lowest BCUT2D eigenvalue weighted by Gasteiger charge is -2.18. The first-order chi connectivity index (χ1) is 4.93. The fraction of sp³-hybridized carbons (Fsp3) is 1.00. The summed E-state index contributed by atoms with van der Waals surface area (Å²) in [5, 5.41) is 0. The Labute approximate surface area is 75.4 Å². The van der Waals surface area contributed by atoms with Gasteiger partial charge in [0.2, 0.25) is 0 Å². The zero-order valence-electron chi connectivity index (χ0n) is 6.31. The van der Waals surface area contributed by atoms with Gasteiger partial charge in [0, 0.05) is 29.2 Å². The van der Waals surface area contributed by atoms with E-state index in [1.165, 1.54) is 18.7 Å². The first-order valence-corrected chi connectivity index (χ1v) is 18.1. The van der Waals surface area contributed by atoms with Gasteiger partial charge in [0.25, 0.3) is 0 Å². The zero-order valence-corrected chi connectivity index (χ0v) is 12.5. The normalized spacial score (nSPS) is 33.9. The molecule has 0 saturated carbocycles. The molecule has 10 heavy (non-hydrogen) atoms. The fourth-order valence-corrected chi connectivity index (χ4v) is 47.0. The summed E-state index contributed by atoms with van der Waals surface area (Å²) in [5.74, 6) is 0.886. The van der Waals surface area contributed by atoms with Gasteiger partial charge in [0.15, 0.2) is 0 Å². The largest absolute Gasteiger partial charge is 0.432 e. The standard InChI is InChI=1S/C4H15ClOSi4/c5-2-1-3-10-4-6-7-8-9-10/h10H,1-4,7-9H2. The van der Waals surface area contributed by atoms with Gasteiger partial charge < -0.3 is 4.43 Å². The highest BCUT2D eigenvalue weighted by Crippen LogP contribution is 2.00. The van der Waals surface area contributed by atoms with Gasteiger partial charge in [0.1, 0.15) is 9.28 Å². The average Bonchev–Trinajstić information content (AvgIpc) is 2.03. The van der Waals surface area contributed by atoms with Crippen molar-refractivity contribution in [2.75, 3.05) is 12.1 Å². The van der Waals surface area contributed by atoms with E-state index in [-0.39, 0.29) is 17.6 Å². The average molecular weight is 227 g/mol. The summed E-state index contributed by atoms with van der Waals surface area (Å²) in [5.41, 5.74) is 0. The van der Waals surface area contributed by atoms with E-state index in [2.05, 4.69) is 0 Å². The Balaban J connectivity index is 2.02. The van der Waals surface area contributed by atoms with Crippen LogP contribution in [0, 0.1) is 0 Å². The van der Waals surface area contributed by atoms with Gasteiger partial charge in [0.05, 0.1) is 8.31 Å². The highest BCUT2D eigenvalue weighted by Gasteiger charge is 2.15. The molecule has 0 aromatic carbocycles. The maximum Gasteiger partial charge on any atom is 0.139 e. The van der Waals surface area contributed by atoms with Crippen molar-refractivity contribution < 1.29 is 4.43 Å². The molecular weight excluding hydrogens is 212 g/mol. The maximum absolute atomic E-state index is 5.64. The van der Waals surface area contributed by atoms with Crippen molar-refractivity contribution in [3.05, 3.63) is 0 Å². The minimum atomic E-state index is -0.215. The van der Waals surface area contributed by atoms with Crippen LogP contribution in [0.4, 0.5) is 0 Å². The summed E-state index contributed by atoms with van der Waals surface area (Å²) in [4.78, 5) is 0. The molecule has 0 aromatic heterocycles. The van der Waals surface area contributed by atoms with E-state index in [1.54, 1.807) is 0 Å². The summed E-state index contributed by atoms with van der Waals surface area (Å²) >= 11 is 5.64. The molecule has 0 bridgehead atoms. The molecule has 0 radical (unpaired) electrons. The number of rotatable bonds is 3. The lowest BCUT2D eigenvalue weighted by atomic mass is 10.6. The molecule has 0 N–H and O–H groups in total. The first-order valence-electron chi connectivity index (χ1n) is 4.07. The van der Waals surface area contributed by atoms with E-state index >= 15 is 0 Å². The van der Waals surface area contributed by atoms with Crippen molar-refractivity contribution >= 4 is 46.3 Å². The van der Waals surface area contributed by atoms with Crippen LogP contribution in [-0.2, 0) is 4.43 Å². The van der Waals surface area contributed by atoms with Crippen molar-refractivity contribution in [1.82, 2.24) is 0 Å². The Morgan fingerprint density at radius 1 is 1.60 bits per heavy atom. The van der Waals surface area contributed by atoms with Crippen LogP contribution in [0.25, 0.3) is 0 Å². The van der Waals surface area contributed by atoms with Crippen molar-refractivity contribution in [1.29, 1.82) is 0 Å².